The number of nitrogens with two attached hydrogens (primary N) is 2. The van der Waals surface area contributed by atoms with Gasteiger partial charge in [-0.15, -0.1) is 0 Å². The van der Waals surface area contributed by atoms with Gasteiger partial charge in [-0.25, -0.2) is 9.79 Å². The normalized spacial score (nSPS) is 9.95. The molecule has 104 valence electrons. The summed E-state index contributed by atoms with van der Waals surface area (Å²) < 4.78 is 0. The summed E-state index contributed by atoms with van der Waals surface area (Å²) in [5, 5.41) is 2.74. The van der Waals surface area contributed by atoms with E-state index in [2.05, 4.69) is 21.0 Å². The lowest BCUT2D eigenvalue weighted by Gasteiger charge is -2.01. The first-order valence-electron chi connectivity index (χ1n) is 6.00. The SMILES string of the molecule is NC(N)=[NH+]C(=O)c1ccc(C(=O)NCCCC[NH3+])[nH]1. The van der Waals surface area contributed by atoms with Gasteiger partial charge in [-0.2, -0.15) is 0 Å². The van der Waals surface area contributed by atoms with E-state index in [-0.39, 0.29) is 17.6 Å². The zero-order valence-electron chi connectivity index (χ0n) is 10.7. The van der Waals surface area contributed by atoms with E-state index in [0.29, 0.717) is 12.2 Å². The highest BCUT2D eigenvalue weighted by Crippen LogP contribution is 2.00. The molecule has 2 amide bonds. The zero-order valence-corrected chi connectivity index (χ0v) is 10.7. The molecule has 0 fully saturated rings. The minimum Gasteiger partial charge on any atom is -0.358 e. The topological polar surface area (TPSA) is 156 Å². The minimum absolute atomic E-state index is 0.196. The molecule has 0 bridgehead atoms. The molecular weight excluding hydrogens is 248 g/mol. The van der Waals surface area contributed by atoms with E-state index < -0.39 is 5.91 Å². The van der Waals surface area contributed by atoms with Gasteiger partial charge in [0.25, 0.3) is 5.91 Å². The fraction of sp³-hybridized carbons (Fsp3) is 0.364. The van der Waals surface area contributed by atoms with Crippen LogP contribution in [0.15, 0.2) is 12.1 Å². The Hall–Kier alpha value is -2.35. The third-order valence-corrected chi connectivity index (χ3v) is 2.40. The van der Waals surface area contributed by atoms with Gasteiger partial charge in [-0.3, -0.25) is 16.3 Å². The van der Waals surface area contributed by atoms with Crippen LogP contribution in [-0.2, 0) is 0 Å². The van der Waals surface area contributed by atoms with Crippen LogP contribution in [0.25, 0.3) is 0 Å². The minimum atomic E-state index is -0.490. The van der Waals surface area contributed by atoms with Crippen LogP contribution in [0.5, 0.6) is 0 Å². The van der Waals surface area contributed by atoms with Gasteiger partial charge in [0.2, 0.25) is 0 Å². The van der Waals surface area contributed by atoms with Crippen molar-refractivity contribution in [2.75, 3.05) is 13.1 Å². The number of aromatic nitrogens is 1. The molecule has 8 nitrogen and oxygen atoms in total. The lowest BCUT2D eigenvalue weighted by atomic mass is 10.3. The number of amides is 2. The monoisotopic (exact) mass is 268 g/mol. The highest BCUT2D eigenvalue weighted by molar-refractivity contribution is 5.95. The Morgan fingerprint density at radius 1 is 1.26 bits per heavy atom. The predicted molar refractivity (Wildman–Crippen MR) is 68.8 cm³/mol. The summed E-state index contributed by atoms with van der Waals surface area (Å²) in [6.07, 6.45) is 1.84. The molecule has 0 atom stereocenters. The van der Waals surface area contributed by atoms with E-state index >= 15 is 0 Å². The van der Waals surface area contributed by atoms with Crippen molar-refractivity contribution in [1.82, 2.24) is 10.3 Å². The molecule has 1 aromatic heterocycles. The van der Waals surface area contributed by atoms with E-state index in [1.54, 1.807) is 0 Å². The van der Waals surface area contributed by atoms with Crippen LogP contribution in [-0.4, -0.2) is 35.8 Å². The van der Waals surface area contributed by atoms with E-state index in [1.165, 1.54) is 12.1 Å². The number of H-pyrrole nitrogens is 1. The van der Waals surface area contributed by atoms with Gasteiger partial charge in [-0.05, 0) is 25.0 Å². The molecule has 1 rings (SSSR count). The van der Waals surface area contributed by atoms with Crippen LogP contribution < -0.4 is 27.5 Å². The quantitative estimate of drug-likeness (QED) is 0.178. The number of hydrogen-bond donors (Lipinski definition) is 6. The second-order valence-electron chi connectivity index (χ2n) is 4.01. The number of hydrogen-bond acceptors (Lipinski definition) is 2. The summed E-state index contributed by atoms with van der Waals surface area (Å²) in [6, 6.07) is 3.02. The maximum absolute atomic E-state index is 11.7. The summed E-state index contributed by atoms with van der Waals surface area (Å²) in [6.45, 7) is 1.43. The standard InChI is InChI=1S/C11H18N6O2/c12-5-1-2-6-15-9(18)7-3-4-8(16-7)10(19)17-11(13)14/h3-4,16H,1-2,5-6,12H2,(H,15,18)(H4,13,14,17,19)/p+2. The Balaban J connectivity index is 2.56. The highest BCUT2D eigenvalue weighted by atomic mass is 16.2. The average Bonchev–Trinajstić information content (AvgIpc) is 2.83. The maximum Gasteiger partial charge on any atom is 0.346 e. The first kappa shape index (κ1) is 14.7. The lowest BCUT2D eigenvalue weighted by molar-refractivity contribution is -0.368. The Kier molecular flexibility index (Phi) is 5.55. The Labute approximate surface area is 110 Å². The number of rotatable bonds is 6. The largest absolute Gasteiger partial charge is 0.358 e. The molecule has 0 aliphatic rings. The summed E-state index contributed by atoms with van der Waals surface area (Å²) >= 11 is 0. The molecule has 19 heavy (non-hydrogen) atoms. The van der Waals surface area contributed by atoms with E-state index in [0.717, 1.165) is 19.4 Å². The Morgan fingerprint density at radius 2 is 1.95 bits per heavy atom. The molecule has 1 heterocycles. The molecule has 0 aliphatic carbocycles. The molecular formula is C11H20N6O2+2. The van der Waals surface area contributed by atoms with Crippen molar-refractivity contribution in [1.29, 1.82) is 0 Å². The van der Waals surface area contributed by atoms with Gasteiger partial charge >= 0.3 is 11.9 Å². The number of aromatic amines is 1. The molecule has 0 radical (unpaired) electrons. The smallest absolute Gasteiger partial charge is 0.346 e. The number of carbonyl (C=O) groups is 2. The van der Waals surface area contributed by atoms with Crippen LogP contribution in [0.2, 0.25) is 0 Å². The van der Waals surface area contributed by atoms with E-state index in [4.69, 9.17) is 11.5 Å². The summed E-state index contributed by atoms with van der Waals surface area (Å²) in [7, 11) is 0. The molecule has 0 unspecified atom stereocenters. The van der Waals surface area contributed by atoms with Crippen molar-refractivity contribution in [2.24, 2.45) is 11.5 Å². The van der Waals surface area contributed by atoms with Crippen LogP contribution in [0, 0.1) is 0 Å². The third kappa shape index (κ3) is 4.80. The fourth-order valence-corrected chi connectivity index (χ4v) is 1.46. The second kappa shape index (κ2) is 7.17. The van der Waals surface area contributed by atoms with Crippen molar-refractivity contribution in [2.45, 2.75) is 12.8 Å². The number of quaternary nitrogens is 1. The average molecular weight is 268 g/mol. The predicted octanol–water partition coefficient (Wildman–Crippen LogP) is -3.74. The molecule has 0 saturated heterocycles. The number of guanidine groups is 1. The highest BCUT2D eigenvalue weighted by Gasteiger charge is 2.13. The second-order valence-corrected chi connectivity index (χ2v) is 4.01. The van der Waals surface area contributed by atoms with Gasteiger partial charge in [-0.1, -0.05) is 0 Å². The van der Waals surface area contributed by atoms with Crippen LogP contribution >= 0.6 is 0 Å². The van der Waals surface area contributed by atoms with Gasteiger partial charge < -0.3 is 16.0 Å². The van der Waals surface area contributed by atoms with Gasteiger partial charge in [0, 0.05) is 6.54 Å². The first-order valence-corrected chi connectivity index (χ1v) is 6.00. The van der Waals surface area contributed by atoms with Gasteiger partial charge in [0.1, 0.15) is 11.4 Å². The Bertz CT molecular complexity index is 475. The maximum atomic E-state index is 11.7. The number of unbranched alkanes of at least 4 members (excludes halogenated alkanes) is 1. The molecule has 10 N–H and O–H groups in total. The first-order chi connectivity index (χ1) is 9.04. The summed E-state index contributed by atoms with van der Waals surface area (Å²) in [5.74, 6) is -0.942. The molecule has 1 aromatic rings. The Morgan fingerprint density at radius 3 is 2.58 bits per heavy atom. The number of nitrogens with one attached hydrogen (secondary N) is 3. The molecule has 8 heteroatoms. The molecule has 0 spiro atoms. The zero-order chi connectivity index (χ0) is 14.3. The van der Waals surface area contributed by atoms with Crippen LogP contribution in [0.3, 0.4) is 0 Å². The van der Waals surface area contributed by atoms with E-state index in [1.807, 2.05) is 0 Å². The summed E-state index contributed by atoms with van der Waals surface area (Å²) in [4.78, 5) is 28.2. The van der Waals surface area contributed by atoms with Crippen molar-refractivity contribution in [3.63, 3.8) is 0 Å². The molecule has 0 aliphatic heterocycles. The van der Waals surface area contributed by atoms with Crippen molar-refractivity contribution >= 4 is 17.8 Å². The summed E-state index contributed by atoms with van der Waals surface area (Å²) in [5.41, 5.74) is 14.6. The van der Waals surface area contributed by atoms with Gasteiger partial charge in [0.15, 0.2) is 0 Å². The third-order valence-electron chi connectivity index (χ3n) is 2.40. The van der Waals surface area contributed by atoms with Gasteiger partial charge in [0.05, 0.1) is 6.54 Å². The number of carbonyl (C=O) groups excluding carboxylic acids is 2. The van der Waals surface area contributed by atoms with Crippen molar-refractivity contribution in [3.8, 4) is 0 Å². The van der Waals surface area contributed by atoms with Crippen molar-refractivity contribution in [3.05, 3.63) is 23.5 Å². The fourth-order valence-electron chi connectivity index (χ4n) is 1.46. The van der Waals surface area contributed by atoms with Crippen LogP contribution in [0.4, 0.5) is 0 Å². The van der Waals surface area contributed by atoms with Crippen LogP contribution in [0.1, 0.15) is 33.8 Å². The molecule has 0 aromatic carbocycles. The lowest BCUT2D eigenvalue weighted by Crippen LogP contribution is -2.81. The molecule has 0 saturated carbocycles. The van der Waals surface area contributed by atoms with E-state index in [9.17, 15) is 9.59 Å². The van der Waals surface area contributed by atoms with Crippen molar-refractivity contribution < 1.29 is 20.3 Å².